The van der Waals surface area contributed by atoms with Crippen molar-refractivity contribution in [2.24, 2.45) is 5.73 Å². The number of halogens is 1. The number of nitrogens with two attached hydrogens (primary N) is 1. The molecule has 21 heavy (non-hydrogen) atoms. The van der Waals surface area contributed by atoms with E-state index in [1.165, 1.54) is 0 Å². The van der Waals surface area contributed by atoms with E-state index in [0.717, 1.165) is 28.0 Å². The molecule has 0 amide bonds. The van der Waals surface area contributed by atoms with Crippen molar-refractivity contribution in [1.29, 1.82) is 0 Å². The predicted octanol–water partition coefficient (Wildman–Crippen LogP) is 4.32. The summed E-state index contributed by atoms with van der Waals surface area (Å²) in [6.45, 7) is 3.18. The second kappa shape index (κ2) is 8.05. The summed E-state index contributed by atoms with van der Waals surface area (Å²) in [6, 6.07) is 15.7. The lowest BCUT2D eigenvalue weighted by Crippen LogP contribution is -2.10. The molecule has 4 heteroatoms. The normalized spacial score (nSPS) is 12.0. The van der Waals surface area contributed by atoms with Gasteiger partial charge < -0.3 is 15.2 Å². The van der Waals surface area contributed by atoms with Crippen molar-refractivity contribution in [3.8, 4) is 11.5 Å². The van der Waals surface area contributed by atoms with Crippen molar-refractivity contribution in [2.75, 3.05) is 13.2 Å². The molecular formula is C17H20BrNO2. The summed E-state index contributed by atoms with van der Waals surface area (Å²) in [5, 5.41) is 0. The van der Waals surface area contributed by atoms with E-state index in [1.807, 2.05) is 55.5 Å². The summed E-state index contributed by atoms with van der Waals surface area (Å²) in [7, 11) is 0. The minimum Gasteiger partial charge on any atom is -0.493 e. The topological polar surface area (TPSA) is 44.5 Å². The molecule has 0 fully saturated rings. The third kappa shape index (κ3) is 5.06. The molecular weight excluding hydrogens is 330 g/mol. The summed E-state index contributed by atoms with van der Waals surface area (Å²) in [5.41, 5.74) is 6.97. The molecule has 2 aromatic rings. The summed E-state index contributed by atoms with van der Waals surface area (Å²) in [5.74, 6) is 1.72. The third-order valence-corrected chi connectivity index (χ3v) is 3.52. The van der Waals surface area contributed by atoms with Crippen LogP contribution in [0.15, 0.2) is 53.0 Å². The van der Waals surface area contributed by atoms with Crippen molar-refractivity contribution in [2.45, 2.75) is 19.4 Å². The highest BCUT2D eigenvalue weighted by Crippen LogP contribution is 2.27. The van der Waals surface area contributed by atoms with Gasteiger partial charge in [-0.1, -0.05) is 40.2 Å². The van der Waals surface area contributed by atoms with Gasteiger partial charge in [0, 0.05) is 22.5 Å². The van der Waals surface area contributed by atoms with E-state index in [4.69, 9.17) is 15.2 Å². The average molecular weight is 350 g/mol. The maximum Gasteiger partial charge on any atom is 0.125 e. The van der Waals surface area contributed by atoms with Crippen LogP contribution in [0.1, 0.15) is 24.9 Å². The van der Waals surface area contributed by atoms with Gasteiger partial charge >= 0.3 is 0 Å². The molecule has 0 spiro atoms. The molecule has 0 unspecified atom stereocenters. The quantitative estimate of drug-likeness (QED) is 0.757. The fourth-order valence-electron chi connectivity index (χ4n) is 1.96. The second-order valence-electron chi connectivity index (χ2n) is 4.83. The Morgan fingerprint density at radius 3 is 2.48 bits per heavy atom. The Labute approximate surface area is 134 Å². The summed E-state index contributed by atoms with van der Waals surface area (Å²) < 4.78 is 12.4. The number of para-hydroxylation sites is 1. The van der Waals surface area contributed by atoms with Gasteiger partial charge in [0.2, 0.25) is 0 Å². The van der Waals surface area contributed by atoms with Gasteiger partial charge in [-0.25, -0.2) is 0 Å². The Bertz CT molecular complexity index is 558. The van der Waals surface area contributed by atoms with Gasteiger partial charge in [0.15, 0.2) is 0 Å². The monoisotopic (exact) mass is 349 g/mol. The molecule has 0 bridgehead atoms. The van der Waals surface area contributed by atoms with Crippen LogP contribution in [0, 0.1) is 0 Å². The number of ether oxygens (including phenoxy) is 2. The zero-order valence-electron chi connectivity index (χ0n) is 12.1. The number of rotatable bonds is 7. The molecule has 2 N–H and O–H groups in total. The van der Waals surface area contributed by atoms with Gasteiger partial charge in [0.25, 0.3) is 0 Å². The van der Waals surface area contributed by atoms with Crippen LogP contribution in [0.2, 0.25) is 0 Å². The van der Waals surface area contributed by atoms with Gasteiger partial charge in [-0.15, -0.1) is 0 Å². The highest BCUT2D eigenvalue weighted by atomic mass is 79.9. The SMILES string of the molecule is C[C@@H](N)c1ccc(Br)cc1OCCCOc1ccccc1. The first-order chi connectivity index (χ1) is 10.2. The van der Waals surface area contributed by atoms with Crippen molar-refractivity contribution in [1.82, 2.24) is 0 Å². The van der Waals surface area contributed by atoms with E-state index in [9.17, 15) is 0 Å². The largest absolute Gasteiger partial charge is 0.493 e. The number of hydrogen-bond donors (Lipinski definition) is 1. The minimum atomic E-state index is -0.0475. The minimum absolute atomic E-state index is 0.0475. The van der Waals surface area contributed by atoms with Crippen molar-refractivity contribution >= 4 is 15.9 Å². The van der Waals surface area contributed by atoms with Gasteiger partial charge in [-0.05, 0) is 31.2 Å². The van der Waals surface area contributed by atoms with E-state index >= 15 is 0 Å². The molecule has 1 atom stereocenters. The molecule has 0 aliphatic rings. The average Bonchev–Trinajstić information content (AvgIpc) is 2.48. The van der Waals surface area contributed by atoms with Crippen LogP contribution in [-0.4, -0.2) is 13.2 Å². The molecule has 0 heterocycles. The zero-order valence-corrected chi connectivity index (χ0v) is 13.7. The maximum atomic E-state index is 5.95. The van der Waals surface area contributed by atoms with Crippen LogP contribution >= 0.6 is 15.9 Å². The Morgan fingerprint density at radius 1 is 1.05 bits per heavy atom. The Kier molecular flexibility index (Phi) is 6.08. The Hall–Kier alpha value is -1.52. The number of benzene rings is 2. The maximum absolute atomic E-state index is 5.95. The highest BCUT2D eigenvalue weighted by molar-refractivity contribution is 9.10. The van der Waals surface area contributed by atoms with Gasteiger partial charge in [0.05, 0.1) is 13.2 Å². The van der Waals surface area contributed by atoms with Gasteiger partial charge in [-0.2, -0.15) is 0 Å². The standard InChI is InChI=1S/C17H20BrNO2/c1-13(19)16-9-8-14(18)12-17(16)21-11-5-10-20-15-6-3-2-4-7-15/h2-4,6-9,12-13H,5,10-11,19H2,1H3/t13-/m1/s1. The number of hydrogen-bond acceptors (Lipinski definition) is 3. The lowest BCUT2D eigenvalue weighted by molar-refractivity contribution is 0.245. The fraction of sp³-hybridized carbons (Fsp3) is 0.294. The molecule has 2 aromatic carbocycles. The van der Waals surface area contributed by atoms with E-state index in [0.29, 0.717) is 13.2 Å². The fourth-order valence-corrected chi connectivity index (χ4v) is 2.30. The molecule has 112 valence electrons. The highest BCUT2D eigenvalue weighted by Gasteiger charge is 2.08. The molecule has 3 nitrogen and oxygen atoms in total. The lowest BCUT2D eigenvalue weighted by atomic mass is 10.1. The lowest BCUT2D eigenvalue weighted by Gasteiger charge is -2.14. The van der Waals surface area contributed by atoms with Crippen LogP contribution in [0.4, 0.5) is 0 Å². The van der Waals surface area contributed by atoms with E-state index in [1.54, 1.807) is 0 Å². The third-order valence-electron chi connectivity index (χ3n) is 3.02. The zero-order chi connectivity index (χ0) is 15.1. The Morgan fingerprint density at radius 2 is 1.76 bits per heavy atom. The molecule has 0 aromatic heterocycles. The van der Waals surface area contributed by atoms with Crippen LogP contribution in [0.5, 0.6) is 11.5 Å². The van der Waals surface area contributed by atoms with Crippen LogP contribution in [0.3, 0.4) is 0 Å². The first-order valence-corrected chi connectivity index (χ1v) is 7.82. The second-order valence-corrected chi connectivity index (χ2v) is 5.75. The van der Waals surface area contributed by atoms with Crippen LogP contribution in [-0.2, 0) is 0 Å². The van der Waals surface area contributed by atoms with E-state index in [-0.39, 0.29) is 6.04 Å². The van der Waals surface area contributed by atoms with E-state index in [2.05, 4.69) is 15.9 Å². The summed E-state index contributed by atoms with van der Waals surface area (Å²) in [6.07, 6.45) is 0.819. The smallest absolute Gasteiger partial charge is 0.125 e. The summed E-state index contributed by atoms with van der Waals surface area (Å²) >= 11 is 3.45. The molecule has 0 saturated carbocycles. The van der Waals surface area contributed by atoms with Gasteiger partial charge in [0.1, 0.15) is 11.5 Å². The first kappa shape index (κ1) is 15.9. The van der Waals surface area contributed by atoms with Crippen LogP contribution < -0.4 is 15.2 Å². The molecule has 0 aliphatic heterocycles. The molecule has 0 aliphatic carbocycles. The van der Waals surface area contributed by atoms with Crippen molar-refractivity contribution < 1.29 is 9.47 Å². The predicted molar refractivity (Wildman–Crippen MR) is 88.8 cm³/mol. The van der Waals surface area contributed by atoms with Crippen molar-refractivity contribution in [3.05, 3.63) is 58.6 Å². The molecule has 0 radical (unpaired) electrons. The Balaban J connectivity index is 1.79. The first-order valence-electron chi connectivity index (χ1n) is 7.02. The van der Waals surface area contributed by atoms with Crippen LogP contribution in [0.25, 0.3) is 0 Å². The molecule has 0 saturated heterocycles. The van der Waals surface area contributed by atoms with Gasteiger partial charge in [-0.3, -0.25) is 0 Å². The van der Waals surface area contributed by atoms with Crippen molar-refractivity contribution in [3.63, 3.8) is 0 Å². The molecule has 2 rings (SSSR count). The summed E-state index contributed by atoms with van der Waals surface area (Å²) in [4.78, 5) is 0. The van der Waals surface area contributed by atoms with E-state index < -0.39 is 0 Å².